The van der Waals surface area contributed by atoms with E-state index in [0.717, 1.165) is 39.6 Å². The Balaban J connectivity index is 1.54. The smallest absolute Gasteiger partial charge is 0.207 e. The van der Waals surface area contributed by atoms with Crippen LogP contribution in [0.5, 0.6) is 11.5 Å². The summed E-state index contributed by atoms with van der Waals surface area (Å²) < 4.78 is 11.0. The van der Waals surface area contributed by atoms with Crippen LogP contribution in [-0.4, -0.2) is 24.9 Å². The molecule has 34 heavy (non-hydrogen) atoms. The highest BCUT2D eigenvalue weighted by molar-refractivity contribution is 7.14. The van der Waals surface area contributed by atoms with Crippen LogP contribution in [0, 0.1) is 6.92 Å². The minimum atomic E-state index is -0.0255. The van der Waals surface area contributed by atoms with Crippen molar-refractivity contribution in [2.75, 3.05) is 19.2 Å². The second-order valence-corrected chi connectivity index (χ2v) is 9.39. The number of aryl methyl sites for hydroxylation is 1. The van der Waals surface area contributed by atoms with Gasteiger partial charge in [0.15, 0.2) is 11.5 Å². The Morgan fingerprint density at radius 1 is 0.912 bits per heavy atom. The van der Waals surface area contributed by atoms with Crippen molar-refractivity contribution in [3.8, 4) is 22.8 Å². The summed E-state index contributed by atoms with van der Waals surface area (Å²) in [6.07, 6.45) is 0.733. The minimum Gasteiger partial charge on any atom is -0.493 e. The molecule has 0 aliphatic carbocycles. The number of hydrogen-bond acceptors (Lipinski definition) is 6. The molecule has 5 nitrogen and oxygen atoms in total. The number of nitrogens with zero attached hydrogens (tertiary/aromatic N) is 3. The Morgan fingerprint density at radius 2 is 1.62 bits per heavy atom. The highest BCUT2D eigenvalue weighted by Crippen LogP contribution is 2.41. The molecule has 172 valence electrons. The van der Waals surface area contributed by atoms with Crippen LogP contribution in [-0.2, 0) is 0 Å². The lowest BCUT2D eigenvalue weighted by atomic mass is 9.98. The Labute approximate surface area is 208 Å². The van der Waals surface area contributed by atoms with Crippen molar-refractivity contribution in [2.45, 2.75) is 19.4 Å². The number of anilines is 1. The molecule has 1 atom stereocenters. The standard InChI is InChI=1S/C27H24ClN3O2S/c1-17-4-6-19(7-5-17)23-16-34-27(29-23)31-24(20-10-13-25(32-2)26(14-20)33-3)15-22(30-31)18-8-11-21(28)12-9-18/h4-14,16,24H,15H2,1-3H3/t24-/m0/s1. The molecule has 1 aliphatic rings. The molecule has 3 aromatic carbocycles. The number of benzene rings is 3. The summed E-state index contributed by atoms with van der Waals surface area (Å²) in [5, 5.41) is 10.7. The third kappa shape index (κ3) is 4.39. The summed E-state index contributed by atoms with van der Waals surface area (Å²) in [5.41, 5.74) is 6.39. The number of thiazole rings is 1. The normalized spacial score (nSPS) is 15.4. The second-order valence-electron chi connectivity index (χ2n) is 8.11. The molecule has 1 aliphatic heterocycles. The number of hydrazone groups is 1. The van der Waals surface area contributed by atoms with Crippen LogP contribution in [0.1, 0.15) is 29.2 Å². The van der Waals surface area contributed by atoms with Crippen molar-refractivity contribution in [1.29, 1.82) is 0 Å². The summed E-state index contributed by atoms with van der Waals surface area (Å²) in [6, 6.07) is 22.2. The van der Waals surface area contributed by atoms with Gasteiger partial charge in [-0.25, -0.2) is 9.99 Å². The van der Waals surface area contributed by atoms with Crippen LogP contribution in [0.25, 0.3) is 11.3 Å². The molecular formula is C27H24ClN3O2S. The van der Waals surface area contributed by atoms with Gasteiger partial charge in [-0.2, -0.15) is 5.10 Å². The largest absolute Gasteiger partial charge is 0.493 e. The SMILES string of the molecule is COc1ccc([C@@H]2CC(c3ccc(Cl)cc3)=NN2c2nc(-c3ccc(C)cc3)cs2)cc1OC. The average molecular weight is 490 g/mol. The molecule has 0 fully saturated rings. The van der Waals surface area contributed by atoms with Crippen molar-refractivity contribution >= 4 is 33.8 Å². The van der Waals surface area contributed by atoms with Gasteiger partial charge in [-0.1, -0.05) is 59.6 Å². The van der Waals surface area contributed by atoms with Gasteiger partial charge in [0.05, 0.1) is 31.7 Å². The fourth-order valence-corrected chi connectivity index (χ4v) is 5.01. The quantitative estimate of drug-likeness (QED) is 0.288. The summed E-state index contributed by atoms with van der Waals surface area (Å²) in [6.45, 7) is 2.08. The highest BCUT2D eigenvalue weighted by Gasteiger charge is 2.32. The van der Waals surface area contributed by atoms with Crippen LogP contribution < -0.4 is 14.5 Å². The lowest BCUT2D eigenvalue weighted by molar-refractivity contribution is 0.354. The van der Waals surface area contributed by atoms with Gasteiger partial charge in [0.2, 0.25) is 5.13 Å². The third-order valence-electron chi connectivity index (χ3n) is 5.92. The lowest BCUT2D eigenvalue weighted by Crippen LogP contribution is -2.18. The highest BCUT2D eigenvalue weighted by atomic mass is 35.5. The number of methoxy groups -OCH3 is 2. The van der Waals surface area contributed by atoms with Crippen molar-refractivity contribution in [3.63, 3.8) is 0 Å². The van der Waals surface area contributed by atoms with Gasteiger partial charge in [0.25, 0.3) is 0 Å². The van der Waals surface area contributed by atoms with Gasteiger partial charge in [0, 0.05) is 22.4 Å². The van der Waals surface area contributed by atoms with E-state index in [-0.39, 0.29) is 6.04 Å². The van der Waals surface area contributed by atoms with E-state index in [9.17, 15) is 0 Å². The van der Waals surface area contributed by atoms with E-state index in [1.54, 1.807) is 25.6 Å². The van der Waals surface area contributed by atoms with E-state index >= 15 is 0 Å². The Bertz CT molecular complexity index is 1330. The summed E-state index contributed by atoms with van der Waals surface area (Å²) >= 11 is 7.71. The minimum absolute atomic E-state index is 0.0255. The van der Waals surface area contributed by atoms with Crippen molar-refractivity contribution < 1.29 is 9.47 Å². The molecule has 0 unspecified atom stereocenters. The molecule has 2 heterocycles. The van der Waals surface area contributed by atoms with Crippen LogP contribution in [0.4, 0.5) is 5.13 Å². The molecule has 4 aromatic rings. The van der Waals surface area contributed by atoms with Crippen molar-refractivity contribution in [2.24, 2.45) is 5.10 Å². The molecule has 0 saturated heterocycles. The number of aromatic nitrogens is 1. The second kappa shape index (κ2) is 9.49. The van der Waals surface area contributed by atoms with Crippen molar-refractivity contribution in [1.82, 2.24) is 4.98 Å². The number of hydrogen-bond donors (Lipinski definition) is 0. The summed E-state index contributed by atoms with van der Waals surface area (Å²) in [7, 11) is 3.29. The fourth-order valence-electron chi connectivity index (χ4n) is 4.05. The molecular weight excluding hydrogens is 466 g/mol. The maximum Gasteiger partial charge on any atom is 0.207 e. The van der Waals surface area contributed by atoms with Crippen molar-refractivity contribution in [3.05, 3.63) is 93.8 Å². The van der Waals surface area contributed by atoms with Crippen LogP contribution in [0.3, 0.4) is 0 Å². The molecule has 5 rings (SSSR count). The summed E-state index contributed by atoms with van der Waals surface area (Å²) in [4.78, 5) is 4.95. The van der Waals surface area contributed by atoms with Gasteiger partial charge >= 0.3 is 0 Å². The topological polar surface area (TPSA) is 47.0 Å². The van der Waals surface area contributed by atoms with Gasteiger partial charge in [-0.3, -0.25) is 0 Å². The van der Waals surface area contributed by atoms with Crippen LogP contribution >= 0.6 is 22.9 Å². The van der Waals surface area contributed by atoms with Crippen LogP contribution in [0.2, 0.25) is 5.02 Å². The van der Waals surface area contributed by atoms with E-state index in [2.05, 4.69) is 42.6 Å². The first-order valence-corrected chi connectivity index (χ1v) is 12.2. The molecule has 0 spiro atoms. The third-order valence-corrected chi connectivity index (χ3v) is 7.00. The Hall–Kier alpha value is -3.35. The Kier molecular flexibility index (Phi) is 6.26. The van der Waals surface area contributed by atoms with E-state index < -0.39 is 0 Å². The number of rotatable bonds is 6. The zero-order valence-electron chi connectivity index (χ0n) is 19.2. The monoisotopic (exact) mass is 489 g/mol. The predicted octanol–water partition coefficient (Wildman–Crippen LogP) is 7.14. The van der Waals surface area contributed by atoms with E-state index in [0.29, 0.717) is 16.5 Å². The maximum absolute atomic E-state index is 6.12. The molecule has 0 amide bonds. The van der Waals surface area contributed by atoms with Gasteiger partial charge < -0.3 is 9.47 Å². The molecule has 7 heteroatoms. The lowest BCUT2D eigenvalue weighted by Gasteiger charge is -2.22. The summed E-state index contributed by atoms with van der Waals surface area (Å²) in [5.74, 6) is 1.39. The molecule has 0 N–H and O–H groups in total. The first kappa shape index (κ1) is 22.4. The van der Waals surface area contributed by atoms with E-state index in [4.69, 9.17) is 31.2 Å². The molecule has 0 radical (unpaired) electrons. The molecule has 0 bridgehead atoms. The average Bonchev–Trinajstić information content (AvgIpc) is 3.52. The van der Waals surface area contributed by atoms with E-state index in [1.165, 1.54) is 5.56 Å². The zero-order valence-corrected chi connectivity index (χ0v) is 20.7. The van der Waals surface area contributed by atoms with Gasteiger partial charge in [-0.05, 0) is 42.3 Å². The zero-order chi connectivity index (χ0) is 23.7. The molecule has 0 saturated carbocycles. The van der Waals surface area contributed by atoms with Gasteiger partial charge in [0.1, 0.15) is 0 Å². The maximum atomic E-state index is 6.12. The first-order valence-electron chi connectivity index (χ1n) is 10.9. The number of halogens is 1. The van der Waals surface area contributed by atoms with Crippen LogP contribution in [0.15, 0.2) is 77.2 Å². The van der Waals surface area contributed by atoms with Gasteiger partial charge in [-0.15, -0.1) is 11.3 Å². The number of ether oxygens (including phenoxy) is 2. The van der Waals surface area contributed by atoms with E-state index in [1.807, 2.05) is 41.4 Å². The molecule has 1 aromatic heterocycles. The predicted molar refractivity (Wildman–Crippen MR) is 140 cm³/mol. The fraction of sp³-hybridized carbons (Fsp3) is 0.185. The Morgan fingerprint density at radius 3 is 2.32 bits per heavy atom. The first-order chi connectivity index (χ1) is 16.6.